The van der Waals surface area contributed by atoms with Crippen molar-refractivity contribution in [1.29, 1.82) is 0 Å². The molecule has 37 heavy (non-hydrogen) atoms. The van der Waals surface area contributed by atoms with E-state index in [2.05, 4.69) is 31.5 Å². The SMILES string of the molecule is C=C/C(F)=C(\C=C/C)N/C(C)=C(C)/C(=C\C(=C)c1ccc(C(C)(C)C(=O)C(C)C)c(C)c1)N=CCCC. The van der Waals surface area contributed by atoms with Crippen LogP contribution in [0.4, 0.5) is 4.39 Å². The van der Waals surface area contributed by atoms with Crippen LogP contribution in [0.3, 0.4) is 0 Å². The van der Waals surface area contributed by atoms with Gasteiger partial charge < -0.3 is 5.32 Å². The Hall–Kier alpha value is -3.27. The van der Waals surface area contributed by atoms with Gasteiger partial charge in [0, 0.05) is 23.2 Å². The fourth-order valence-corrected chi connectivity index (χ4v) is 4.15. The molecule has 0 saturated carbocycles. The monoisotopic (exact) mass is 504 g/mol. The van der Waals surface area contributed by atoms with Crippen LogP contribution in [-0.4, -0.2) is 12.0 Å². The van der Waals surface area contributed by atoms with Gasteiger partial charge >= 0.3 is 0 Å². The number of ketones is 1. The molecular formula is C33H45FN2O. The molecule has 0 unspecified atom stereocenters. The van der Waals surface area contributed by atoms with E-state index in [0.29, 0.717) is 5.70 Å². The van der Waals surface area contributed by atoms with Crippen LogP contribution in [0.5, 0.6) is 0 Å². The Bertz CT molecular complexity index is 1160. The molecule has 0 aromatic heterocycles. The third-order valence-corrected chi connectivity index (χ3v) is 6.41. The van der Waals surface area contributed by atoms with E-state index in [1.165, 1.54) is 6.08 Å². The molecule has 0 atom stereocenters. The molecule has 1 aromatic rings. The zero-order valence-corrected chi connectivity index (χ0v) is 24.3. The second-order valence-corrected chi connectivity index (χ2v) is 10.2. The summed E-state index contributed by atoms with van der Waals surface area (Å²) >= 11 is 0. The Morgan fingerprint density at radius 2 is 1.89 bits per heavy atom. The molecule has 0 fully saturated rings. The summed E-state index contributed by atoms with van der Waals surface area (Å²) in [6, 6.07) is 6.12. The third-order valence-electron chi connectivity index (χ3n) is 6.41. The Morgan fingerprint density at radius 1 is 1.24 bits per heavy atom. The molecule has 4 heteroatoms. The van der Waals surface area contributed by atoms with Crippen LogP contribution in [0.15, 0.2) is 89.1 Å². The maximum atomic E-state index is 14.3. The van der Waals surface area contributed by atoms with Crippen LogP contribution < -0.4 is 5.32 Å². The lowest BCUT2D eigenvalue weighted by atomic mass is 9.74. The fourth-order valence-electron chi connectivity index (χ4n) is 4.15. The summed E-state index contributed by atoms with van der Waals surface area (Å²) in [5.41, 5.74) is 6.02. The van der Waals surface area contributed by atoms with Gasteiger partial charge in [0.05, 0.1) is 11.4 Å². The van der Waals surface area contributed by atoms with Crippen molar-refractivity contribution in [3.05, 3.63) is 101 Å². The van der Waals surface area contributed by atoms with Gasteiger partial charge in [-0.25, -0.2) is 4.39 Å². The lowest BCUT2D eigenvalue weighted by Gasteiger charge is -2.28. The molecule has 0 saturated heterocycles. The minimum atomic E-state index is -0.565. The van der Waals surface area contributed by atoms with Gasteiger partial charge in [0.25, 0.3) is 0 Å². The number of carbonyl (C=O) groups excluding carboxylic acids is 1. The minimum Gasteiger partial charge on any atom is -0.356 e. The molecule has 0 radical (unpaired) electrons. The van der Waals surface area contributed by atoms with Crippen molar-refractivity contribution in [3.8, 4) is 0 Å². The standard InChI is InChI=1S/C33H45FN2O/c1-12-15-19-35-31(25(8)26(9)36-30(16-13-2)29(34)14-3)21-23(6)27-17-18-28(24(7)20-27)33(10,11)32(37)22(4)5/h13-14,16-22,36H,3,6,12,15H2,1-2,4-5,7-11H3/b16-13-,26-25+,30-29-,31-21+,35-19?. The van der Waals surface area contributed by atoms with E-state index in [9.17, 15) is 9.18 Å². The average molecular weight is 505 g/mol. The molecule has 0 spiro atoms. The number of Topliss-reactive ketones (excluding diaryl/α,β-unsaturated/α-hetero) is 1. The predicted octanol–water partition coefficient (Wildman–Crippen LogP) is 9.09. The van der Waals surface area contributed by atoms with Gasteiger partial charge in [-0.15, -0.1) is 0 Å². The van der Waals surface area contributed by atoms with Crippen LogP contribution >= 0.6 is 0 Å². The second kappa shape index (κ2) is 14.5. The highest BCUT2D eigenvalue weighted by Gasteiger charge is 2.32. The summed E-state index contributed by atoms with van der Waals surface area (Å²) in [4.78, 5) is 17.6. The Morgan fingerprint density at radius 3 is 2.41 bits per heavy atom. The molecule has 0 amide bonds. The van der Waals surface area contributed by atoms with E-state index in [-0.39, 0.29) is 11.7 Å². The summed E-state index contributed by atoms with van der Waals surface area (Å²) in [5, 5.41) is 3.15. The third kappa shape index (κ3) is 8.66. The highest BCUT2D eigenvalue weighted by atomic mass is 19.1. The molecule has 0 aliphatic rings. The molecule has 200 valence electrons. The average Bonchev–Trinajstić information content (AvgIpc) is 2.85. The van der Waals surface area contributed by atoms with Crippen molar-refractivity contribution in [1.82, 2.24) is 5.32 Å². The van der Waals surface area contributed by atoms with Crippen molar-refractivity contribution in [3.63, 3.8) is 0 Å². The predicted molar refractivity (Wildman–Crippen MR) is 159 cm³/mol. The quantitative estimate of drug-likeness (QED) is 0.215. The van der Waals surface area contributed by atoms with Gasteiger partial charge in [-0.2, -0.15) is 0 Å². The summed E-state index contributed by atoms with van der Waals surface area (Å²) in [6.07, 6.45) is 10.3. The number of unbranched alkanes of at least 4 members (excludes halogenated alkanes) is 1. The first-order valence-corrected chi connectivity index (χ1v) is 13.0. The molecule has 1 rings (SSSR count). The van der Waals surface area contributed by atoms with Crippen LogP contribution in [0.25, 0.3) is 5.57 Å². The van der Waals surface area contributed by atoms with E-state index in [1.807, 2.05) is 79.8 Å². The van der Waals surface area contributed by atoms with Gasteiger partial charge in [0.1, 0.15) is 11.6 Å². The maximum Gasteiger partial charge on any atom is 0.146 e. The number of allylic oxidation sites excluding steroid dienone is 8. The maximum absolute atomic E-state index is 14.3. The van der Waals surface area contributed by atoms with Gasteiger partial charge in [0.15, 0.2) is 0 Å². The van der Waals surface area contributed by atoms with Crippen LogP contribution in [0.2, 0.25) is 0 Å². The summed E-state index contributed by atoms with van der Waals surface area (Å²) < 4.78 is 14.3. The van der Waals surface area contributed by atoms with Crippen LogP contribution in [-0.2, 0) is 10.2 Å². The van der Waals surface area contributed by atoms with Crippen molar-refractivity contribution in [2.45, 2.75) is 80.6 Å². The Labute approximate surface area is 224 Å². The summed E-state index contributed by atoms with van der Waals surface area (Å²) in [6.45, 7) is 25.5. The van der Waals surface area contributed by atoms with Crippen LogP contribution in [0, 0.1) is 12.8 Å². The molecular weight excluding hydrogens is 459 g/mol. The van der Waals surface area contributed by atoms with Gasteiger partial charge in [-0.05, 0) is 94.0 Å². The first-order chi connectivity index (χ1) is 17.3. The molecule has 0 bridgehead atoms. The molecule has 0 heterocycles. The molecule has 3 nitrogen and oxygen atoms in total. The number of carbonyl (C=O) groups is 1. The number of benzene rings is 1. The molecule has 1 aromatic carbocycles. The van der Waals surface area contributed by atoms with E-state index < -0.39 is 11.2 Å². The Kier molecular flexibility index (Phi) is 12.4. The number of nitrogens with one attached hydrogen (secondary N) is 1. The number of halogens is 1. The topological polar surface area (TPSA) is 41.5 Å². The summed E-state index contributed by atoms with van der Waals surface area (Å²) in [7, 11) is 0. The first kappa shape index (κ1) is 31.8. The number of nitrogens with zero attached hydrogens (tertiary/aromatic N) is 1. The molecule has 0 aliphatic carbocycles. The van der Waals surface area contributed by atoms with Gasteiger partial charge in [0.2, 0.25) is 0 Å². The van der Waals surface area contributed by atoms with E-state index in [4.69, 9.17) is 4.99 Å². The van der Waals surface area contributed by atoms with Crippen LogP contribution in [0.1, 0.15) is 84.9 Å². The first-order valence-electron chi connectivity index (χ1n) is 13.0. The van der Waals surface area contributed by atoms with Crippen molar-refractivity contribution in [2.24, 2.45) is 10.9 Å². The van der Waals surface area contributed by atoms with Crippen molar-refractivity contribution >= 4 is 17.6 Å². The number of aliphatic imine (C=N–C) groups is 1. The number of hydrogen-bond acceptors (Lipinski definition) is 3. The highest BCUT2D eigenvalue weighted by molar-refractivity contribution is 5.91. The number of aryl methyl sites for hydroxylation is 1. The second-order valence-electron chi connectivity index (χ2n) is 10.2. The van der Waals surface area contributed by atoms with Gasteiger partial charge in [-0.1, -0.05) is 64.6 Å². The normalized spacial score (nSPS) is 14.2. The van der Waals surface area contributed by atoms with E-state index in [0.717, 1.165) is 52.1 Å². The minimum absolute atomic E-state index is 0.0368. The summed E-state index contributed by atoms with van der Waals surface area (Å²) in [5.74, 6) is -0.244. The zero-order chi connectivity index (χ0) is 28.3. The number of hydrogen-bond donors (Lipinski definition) is 1. The number of rotatable bonds is 13. The van der Waals surface area contributed by atoms with E-state index >= 15 is 0 Å². The Balaban J connectivity index is 3.50. The lowest BCUT2D eigenvalue weighted by Crippen LogP contribution is -2.33. The van der Waals surface area contributed by atoms with E-state index in [1.54, 1.807) is 12.2 Å². The fraction of sp³-hybridized carbons (Fsp3) is 0.394. The largest absolute Gasteiger partial charge is 0.356 e. The zero-order valence-electron chi connectivity index (χ0n) is 24.3. The smallest absolute Gasteiger partial charge is 0.146 e. The van der Waals surface area contributed by atoms with Gasteiger partial charge in [-0.3, -0.25) is 9.79 Å². The van der Waals surface area contributed by atoms with Crippen molar-refractivity contribution in [2.75, 3.05) is 0 Å². The highest BCUT2D eigenvalue weighted by Crippen LogP contribution is 2.32. The van der Waals surface area contributed by atoms with Crippen molar-refractivity contribution < 1.29 is 9.18 Å². The lowest BCUT2D eigenvalue weighted by molar-refractivity contribution is -0.126. The molecule has 0 aliphatic heterocycles. The molecule has 1 N–H and O–H groups in total.